The van der Waals surface area contributed by atoms with E-state index in [2.05, 4.69) is 15.5 Å². The maximum absolute atomic E-state index is 12.3. The third kappa shape index (κ3) is 7.15. The molecule has 5 nitrogen and oxygen atoms in total. The van der Waals surface area contributed by atoms with E-state index in [1.165, 1.54) is 58.2 Å². The number of likely N-dealkylation sites (tertiary alicyclic amines) is 1. The van der Waals surface area contributed by atoms with Gasteiger partial charge in [0.05, 0.1) is 6.61 Å². The molecule has 2 N–H and O–H groups in total. The minimum absolute atomic E-state index is 0.00311. The summed E-state index contributed by atoms with van der Waals surface area (Å²) in [5.74, 6) is 1.66. The SMILES string of the molecule is O=C(NCCN1CCCCC1)c1ccc(OCCCC2CCCNC2)cc1. The number of benzene rings is 1. The first-order valence-electron chi connectivity index (χ1n) is 10.8. The van der Waals surface area contributed by atoms with Crippen molar-refractivity contribution in [1.82, 2.24) is 15.5 Å². The summed E-state index contributed by atoms with van der Waals surface area (Å²) in [6.07, 6.45) is 8.87. The highest BCUT2D eigenvalue weighted by molar-refractivity contribution is 5.94. The van der Waals surface area contributed by atoms with Crippen molar-refractivity contribution in [2.24, 2.45) is 5.92 Å². The smallest absolute Gasteiger partial charge is 0.251 e. The molecule has 2 saturated heterocycles. The van der Waals surface area contributed by atoms with Gasteiger partial charge < -0.3 is 20.3 Å². The maximum atomic E-state index is 12.3. The summed E-state index contributed by atoms with van der Waals surface area (Å²) in [5, 5.41) is 6.49. The summed E-state index contributed by atoms with van der Waals surface area (Å²) in [4.78, 5) is 14.7. The Labute approximate surface area is 163 Å². The van der Waals surface area contributed by atoms with Crippen LogP contribution in [0.5, 0.6) is 5.75 Å². The fourth-order valence-electron chi connectivity index (χ4n) is 4.05. The van der Waals surface area contributed by atoms with Crippen molar-refractivity contribution in [3.8, 4) is 5.75 Å². The molecule has 150 valence electrons. The third-order valence-corrected chi connectivity index (χ3v) is 5.70. The molecule has 1 aromatic carbocycles. The predicted molar refractivity (Wildman–Crippen MR) is 109 cm³/mol. The molecule has 0 saturated carbocycles. The number of nitrogens with zero attached hydrogens (tertiary/aromatic N) is 1. The minimum atomic E-state index is 0.00311. The summed E-state index contributed by atoms with van der Waals surface area (Å²) >= 11 is 0. The average molecular weight is 374 g/mol. The first-order valence-corrected chi connectivity index (χ1v) is 10.8. The normalized spacial score (nSPS) is 21.0. The summed E-state index contributed by atoms with van der Waals surface area (Å²) in [7, 11) is 0. The minimum Gasteiger partial charge on any atom is -0.494 e. The molecule has 0 spiro atoms. The van der Waals surface area contributed by atoms with Crippen LogP contribution in [0.15, 0.2) is 24.3 Å². The Morgan fingerprint density at radius 2 is 1.96 bits per heavy atom. The molecule has 2 heterocycles. The number of carbonyl (C=O) groups excluding carboxylic acids is 1. The van der Waals surface area contributed by atoms with E-state index >= 15 is 0 Å². The van der Waals surface area contributed by atoms with Crippen LogP contribution in [-0.4, -0.2) is 56.7 Å². The Morgan fingerprint density at radius 1 is 1.15 bits per heavy atom. The molecule has 1 unspecified atom stereocenters. The molecule has 5 heteroatoms. The number of piperidine rings is 2. The number of hydrogen-bond acceptors (Lipinski definition) is 4. The second-order valence-electron chi connectivity index (χ2n) is 7.89. The number of amides is 1. The van der Waals surface area contributed by atoms with Crippen LogP contribution in [0.1, 0.15) is 55.3 Å². The molecular formula is C22H35N3O2. The molecule has 1 aromatic rings. The highest BCUT2D eigenvalue weighted by Crippen LogP contribution is 2.17. The van der Waals surface area contributed by atoms with Gasteiger partial charge in [0.1, 0.15) is 5.75 Å². The summed E-state index contributed by atoms with van der Waals surface area (Å²) < 4.78 is 5.83. The lowest BCUT2D eigenvalue weighted by molar-refractivity contribution is 0.0946. The van der Waals surface area contributed by atoms with Crippen LogP contribution in [0.3, 0.4) is 0 Å². The standard InChI is InChI=1S/C22H35N3O2/c26-22(24-13-16-25-14-2-1-3-15-25)20-8-10-21(11-9-20)27-17-5-7-19-6-4-12-23-18-19/h8-11,19,23H,1-7,12-18H2,(H,24,26). The quantitative estimate of drug-likeness (QED) is 0.653. The largest absolute Gasteiger partial charge is 0.494 e. The maximum Gasteiger partial charge on any atom is 0.251 e. The Morgan fingerprint density at radius 3 is 2.70 bits per heavy atom. The monoisotopic (exact) mass is 373 g/mol. The Balaban J connectivity index is 1.30. The molecule has 0 radical (unpaired) electrons. The highest BCUT2D eigenvalue weighted by atomic mass is 16.5. The molecule has 27 heavy (non-hydrogen) atoms. The van der Waals surface area contributed by atoms with Crippen LogP contribution in [0.25, 0.3) is 0 Å². The van der Waals surface area contributed by atoms with E-state index in [1.807, 2.05) is 24.3 Å². The summed E-state index contributed by atoms with van der Waals surface area (Å²) in [5.41, 5.74) is 0.703. The van der Waals surface area contributed by atoms with E-state index in [9.17, 15) is 4.79 Å². The average Bonchev–Trinajstić information content (AvgIpc) is 2.73. The van der Waals surface area contributed by atoms with E-state index in [0.717, 1.165) is 37.8 Å². The molecule has 0 aliphatic carbocycles. The first-order chi connectivity index (χ1) is 13.3. The van der Waals surface area contributed by atoms with Gasteiger partial charge in [0.25, 0.3) is 5.91 Å². The third-order valence-electron chi connectivity index (χ3n) is 5.70. The highest BCUT2D eigenvalue weighted by Gasteiger charge is 2.13. The topological polar surface area (TPSA) is 53.6 Å². The molecule has 0 bridgehead atoms. The van der Waals surface area contributed by atoms with Gasteiger partial charge in [0.15, 0.2) is 0 Å². The van der Waals surface area contributed by atoms with Crippen LogP contribution < -0.4 is 15.4 Å². The Hall–Kier alpha value is -1.59. The first kappa shape index (κ1) is 20.2. The lowest BCUT2D eigenvalue weighted by Crippen LogP contribution is -2.37. The molecule has 2 aliphatic rings. The van der Waals surface area contributed by atoms with E-state index < -0.39 is 0 Å². The molecule has 1 amide bonds. The second-order valence-corrected chi connectivity index (χ2v) is 7.89. The molecule has 3 rings (SSSR count). The van der Waals surface area contributed by atoms with E-state index in [-0.39, 0.29) is 5.91 Å². The van der Waals surface area contributed by atoms with Gasteiger partial charge in [-0.25, -0.2) is 0 Å². The fourth-order valence-corrected chi connectivity index (χ4v) is 4.05. The van der Waals surface area contributed by atoms with Crippen molar-refractivity contribution < 1.29 is 9.53 Å². The van der Waals surface area contributed by atoms with Gasteiger partial charge in [0.2, 0.25) is 0 Å². The lowest BCUT2D eigenvalue weighted by atomic mass is 9.95. The van der Waals surface area contributed by atoms with Gasteiger partial charge in [-0.2, -0.15) is 0 Å². The van der Waals surface area contributed by atoms with Crippen molar-refractivity contribution in [1.29, 1.82) is 0 Å². The van der Waals surface area contributed by atoms with Gasteiger partial charge in [0, 0.05) is 18.7 Å². The molecule has 2 aliphatic heterocycles. The lowest BCUT2D eigenvalue weighted by Gasteiger charge is -2.26. The van der Waals surface area contributed by atoms with Gasteiger partial charge >= 0.3 is 0 Å². The molecule has 1 atom stereocenters. The zero-order chi connectivity index (χ0) is 18.7. The van der Waals surface area contributed by atoms with Crippen molar-refractivity contribution in [3.63, 3.8) is 0 Å². The number of nitrogens with one attached hydrogen (secondary N) is 2. The zero-order valence-electron chi connectivity index (χ0n) is 16.5. The van der Waals surface area contributed by atoms with E-state index in [1.54, 1.807) is 0 Å². The molecule has 0 aromatic heterocycles. The van der Waals surface area contributed by atoms with Crippen LogP contribution in [0.2, 0.25) is 0 Å². The van der Waals surface area contributed by atoms with Crippen LogP contribution >= 0.6 is 0 Å². The second kappa shape index (κ2) is 11.3. The van der Waals surface area contributed by atoms with Crippen molar-refractivity contribution in [3.05, 3.63) is 29.8 Å². The number of carbonyl (C=O) groups is 1. The Kier molecular flexibility index (Phi) is 8.43. The van der Waals surface area contributed by atoms with Crippen molar-refractivity contribution >= 4 is 5.91 Å². The number of rotatable bonds is 9. The molecular weight excluding hydrogens is 338 g/mol. The van der Waals surface area contributed by atoms with Gasteiger partial charge in [-0.1, -0.05) is 6.42 Å². The van der Waals surface area contributed by atoms with Gasteiger partial charge in [-0.05, 0) is 94.9 Å². The zero-order valence-corrected chi connectivity index (χ0v) is 16.5. The van der Waals surface area contributed by atoms with Crippen molar-refractivity contribution in [2.75, 3.05) is 45.9 Å². The van der Waals surface area contributed by atoms with E-state index in [4.69, 9.17) is 4.74 Å². The number of hydrogen-bond donors (Lipinski definition) is 2. The fraction of sp³-hybridized carbons (Fsp3) is 0.682. The summed E-state index contributed by atoms with van der Waals surface area (Å²) in [6, 6.07) is 7.52. The van der Waals surface area contributed by atoms with Crippen LogP contribution in [-0.2, 0) is 0 Å². The molecule has 2 fully saturated rings. The predicted octanol–water partition coefficient (Wildman–Crippen LogP) is 3.06. The van der Waals surface area contributed by atoms with Crippen LogP contribution in [0.4, 0.5) is 0 Å². The number of ether oxygens (including phenoxy) is 1. The van der Waals surface area contributed by atoms with Crippen LogP contribution in [0, 0.1) is 5.92 Å². The van der Waals surface area contributed by atoms with Crippen molar-refractivity contribution in [2.45, 2.75) is 44.9 Å². The Bertz CT molecular complexity index is 549. The van der Waals surface area contributed by atoms with Gasteiger partial charge in [-0.3, -0.25) is 4.79 Å². The van der Waals surface area contributed by atoms with E-state index in [0.29, 0.717) is 12.1 Å². The summed E-state index contributed by atoms with van der Waals surface area (Å²) in [6.45, 7) is 7.07. The van der Waals surface area contributed by atoms with Gasteiger partial charge in [-0.15, -0.1) is 0 Å².